The number of hydrogen-bond donors (Lipinski definition) is 1. The van der Waals surface area contributed by atoms with Gasteiger partial charge in [0, 0.05) is 6.04 Å². The quantitative estimate of drug-likeness (QED) is 0.666. The fraction of sp³-hybridized carbons (Fsp3) is 1.00. The van der Waals surface area contributed by atoms with Crippen molar-refractivity contribution in [3.05, 3.63) is 0 Å². The van der Waals surface area contributed by atoms with E-state index in [0.29, 0.717) is 6.04 Å². The van der Waals surface area contributed by atoms with Gasteiger partial charge >= 0.3 is 0 Å². The number of rotatable bonds is 3. The molecule has 0 aromatic heterocycles. The third-order valence-corrected chi connectivity index (χ3v) is 2.75. The van der Waals surface area contributed by atoms with Crippen LogP contribution in [0.15, 0.2) is 0 Å². The minimum absolute atomic E-state index is 0.484. The van der Waals surface area contributed by atoms with E-state index < -0.39 is 0 Å². The Labute approximate surface area is 70.4 Å². The van der Waals surface area contributed by atoms with Crippen molar-refractivity contribution in [2.45, 2.75) is 52.0 Å². The molecule has 1 nitrogen and oxygen atoms in total. The molecule has 0 unspecified atom stereocenters. The van der Waals surface area contributed by atoms with Crippen LogP contribution in [0.2, 0.25) is 0 Å². The molecule has 0 aromatic rings. The topological polar surface area (TPSA) is 26.0 Å². The second-order valence-electron chi connectivity index (χ2n) is 4.34. The first-order chi connectivity index (χ1) is 5.20. The zero-order valence-electron chi connectivity index (χ0n) is 7.84. The first-order valence-corrected chi connectivity index (χ1v) is 4.95. The fourth-order valence-electron chi connectivity index (χ4n) is 2.12. The molecule has 66 valence electrons. The lowest BCUT2D eigenvalue weighted by molar-refractivity contribution is 0.368. The van der Waals surface area contributed by atoms with Gasteiger partial charge in [-0.15, -0.1) is 0 Å². The number of nitrogens with two attached hydrogens (primary N) is 1. The molecule has 1 rings (SSSR count). The van der Waals surface area contributed by atoms with Gasteiger partial charge in [0.1, 0.15) is 0 Å². The van der Waals surface area contributed by atoms with Gasteiger partial charge in [-0.25, -0.2) is 0 Å². The van der Waals surface area contributed by atoms with Crippen molar-refractivity contribution in [3.8, 4) is 0 Å². The molecule has 0 aromatic carbocycles. The Morgan fingerprint density at radius 3 is 2.27 bits per heavy atom. The molecule has 1 heteroatoms. The van der Waals surface area contributed by atoms with Gasteiger partial charge < -0.3 is 5.73 Å². The maximum atomic E-state index is 6.08. The van der Waals surface area contributed by atoms with Crippen LogP contribution in [0.25, 0.3) is 0 Å². The summed E-state index contributed by atoms with van der Waals surface area (Å²) in [7, 11) is 0. The summed E-state index contributed by atoms with van der Waals surface area (Å²) < 4.78 is 0. The van der Waals surface area contributed by atoms with Crippen molar-refractivity contribution in [3.63, 3.8) is 0 Å². The van der Waals surface area contributed by atoms with E-state index in [-0.39, 0.29) is 0 Å². The van der Waals surface area contributed by atoms with Gasteiger partial charge in [-0.1, -0.05) is 26.7 Å². The Balaban J connectivity index is 2.22. The van der Waals surface area contributed by atoms with Crippen molar-refractivity contribution in [2.24, 2.45) is 17.6 Å². The zero-order valence-corrected chi connectivity index (χ0v) is 7.84. The first-order valence-electron chi connectivity index (χ1n) is 4.95. The van der Waals surface area contributed by atoms with Gasteiger partial charge in [-0.3, -0.25) is 0 Å². The highest BCUT2D eigenvalue weighted by atomic mass is 14.7. The molecule has 1 atom stereocenters. The smallest absolute Gasteiger partial charge is 0.00695 e. The van der Waals surface area contributed by atoms with Crippen molar-refractivity contribution >= 4 is 0 Å². The molecule has 1 fully saturated rings. The lowest BCUT2D eigenvalue weighted by atomic mass is 9.92. The monoisotopic (exact) mass is 155 g/mol. The van der Waals surface area contributed by atoms with Crippen molar-refractivity contribution < 1.29 is 0 Å². The second-order valence-corrected chi connectivity index (χ2v) is 4.34. The minimum atomic E-state index is 0.484. The van der Waals surface area contributed by atoms with E-state index in [2.05, 4.69) is 13.8 Å². The normalized spacial score (nSPS) is 22.9. The van der Waals surface area contributed by atoms with E-state index in [0.717, 1.165) is 11.8 Å². The lowest BCUT2D eigenvalue weighted by Gasteiger charge is -2.20. The summed E-state index contributed by atoms with van der Waals surface area (Å²) in [6, 6.07) is 0.484. The van der Waals surface area contributed by atoms with Crippen molar-refractivity contribution in [1.29, 1.82) is 0 Å². The van der Waals surface area contributed by atoms with Gasteiger partial charge in [0.2, 0.25) is 0 Å². The Kier molecular flexibility index (Phi) is 3.38. The highest BCUT2D eigenvalue weighted by molar-refractivity contribution is 4.78. The molecule has 0 bridgehead atoms. The standard InChI is InChI=1S/C10H21N/c1-8(2)7-10(11)9-5-3-4-6-9/h8-10H,3-7,11H2,1-2H3/t10-/m1/s1. The molecule has 0 heterocycles. The maximum Gasteiger partial charge on any atom is 0.00695 e. The first kappa shape index (κ1) is 9.05. The van der Waals surface area contributed by atoms with Crippen LogP contribution in [0.1, 0.15) is 46.0 Å². The minimum Gasteiger partial charge on any atom is -0.327 e. The van der Waals surface area contributed by atoms with Crippen LogP contribution < -0.4 is 5.73 Å². The van der Waals surface area contributed by atoms with E-state index in [9.17, 15) is 0 Å². The molecule has 1 saturated carbocycles. The summed E-state index contributed by atoms with van der Waals surface area (Å²) in [5.41, 5.74) is 6.08. The predicted octanol–water partition coefficient (Wildman–Crippen LogP) is 2.55. The highest BCUT2D eigenvalue weighted by Crippen LogP contribution is 2.28. The fourth-order valence-corrected chi connectivity index (χ4v) is 2.12. The maximum absolute atomic E-state index is 6.08. The van der Waals surface area contributed by atoms with Crippen LogP contribution in [-0.2, 0) is 0 Å². The van der Waals surface area contributed by atoms with Gasteiger partial charge in [-0.05, 0) is 31.1 Å². The summed E-state index contributed by atoms with van der Waals surface area (Å²) in [6.45, 7) is 4.52. The van der Waals surface area contributed by atoms with Gasteiger partial charge in [-0.2, -0.15) is 0 Å². The molecule has 1 aliphatic rings. The van der Waals surface area contributed by atoms with E-state index >= 15 is 0 Å². The number of hydrogen-bond acceptors (Lipinski definition) is 1. The molecular formula is C10H21N. The Bertz CT molecular complexity index is 103. The van der Waals surface area contributed by atoms with Crippen LogP contribution in [0.5, 0.6) is 0 Å². The molecule has 0 spiro atoms. The van der Waals surface area contributed by atoms with Gasteiger partial charge in [0.15, 0.2) is 0 Å². The molecular weight excluding hydrogens is 134 g/mol. The highest BCUT2D eigenvalue weighted by Gasteiger charge is 2.21. The predicted molar refractivity (Wildman–Crippen MR) is 49.4 cm³/mol. The van der Waals surface area contributed by atoms with E-state index in [1.807, 2.05) is 0 Å². The molecule has 1 aliphatic carbocycles. The Hall–Kier alpha value is -0.0400. The average Bonchev–Trinajstić information content (AvgIpc) is 2.35. The van der Waals surface area contributed by atoms with Gasteiger partial charge in [0.05, 0.1) is 0 Å². The van der Waals surface area contributed by atoms with Crippen LogP contribution in [-0.4, -0.2) is 6.04 Å². The van der Waals surface area contributed by atoms with Crippen LogP contribution >= 0.6 is 0 Å². The third kappa shape index (κ3) is 2.82. The molecule has 11 heavy (non-hydrogen) atoms. The second kappa shape index (κ2) is 4.10. The summed E-state index contributed by atoms with van der Waals surface area (Å²) in [4.78, 5) is 0. The molecule has 0 saturated heterocycles. The molecule has 2 N–H and O–H groups in total. The summed E-state index contributed by atoms with van der Waals surface area (Å²) in [5, 5.41) is 0. The molecule has 0 aliphatic heterocycles. The van der Waals surface area contributed by atoms with E-state index in [1.54, 1.807) is 0 Å². The van der Waals surface area contributed by atoms with Gasteiger partial charge in [0.25, 0.3) is 0 Å². The molecule has 0 amide bonds. The van der Waals surface area contributed by atoms with Crippen LogP contribution in [0.3, 0.4) is 0 Å². The molecule has 0 radical (unpaired) electrons. The van der Waals surface area contributed by atoms with Crippen LogP contribution in [0.4, 0.5) is 0 Å². The van der Waals surface area contributed by atoms with Crippen molar-refractivity contribution in [2.75, 3.05) is 0 Å². The van der Waals surface area contributed by atoms with Crippen molar-refractivity contribution in [1.82, 2.24) is 0 Å². The van der Waals surface area contributed by atoms with E-state index in [4.69, 9.17) is 5.73 Å². The SMILES string of the molecule is CC(C)C[C@@H](N)C1CCCC1. The largest absolute Gasteiger partial charge is 0.327 e. The average molecular weight is 155 g/mol. The van der Waals surface area contributed by atoms with Crippen LogP contribution in [0, 0.1) is 11.8 Å². The Morgan fingerprint density at radius 1 is 1.27 bits per heavy atom. The summed E-state index contributed by atoms with van der Waals surface area (Å²) in [5.74, 6) is 1.61. The Morgan fingerprint density at radius 2 is 1.82 bits per heavy atom. The zero-order chi connectivity index (χ0) is 8.27. The lowest BCUT2D eigenvalue weighted by Crippen LogP contribution is -2.29. The van der Waals surface area contributed by atoms with E-state index in [1.165, 1.54) is 32.1 Å². The summed E-state index contributed by atoms with van der Waals surface area (Å²) in [6.07, 6.45) is 6.80. The summed E-state index contributed by atoms with van der Waals surface area (Å²) >= 11 is 0. The third-order valence-electron chi connectivity index (χ3n) is 2.75.